The van der Waals surface area contributed by atoms with Crippen molar-refractivity contribution in [3.05, 3.63) is 68.7 Å². The Labute approximate surface area is 208 Å². The zero-order valence-corrected chi connectivity index (χ0v) is 21.1. The number of hydrogen-bond donors (Lipinski definition) is 1. The van der Waals surface area contributed by atoms with Crippen LogP contribution in [0.4, 0.5) is 16.2 Å². The molecule has 2 aromatic carbocycles. The predicted octanol–water partition coefficient (Wildman–Crippen LogP) is 5.99. The van der Waals surface area contributed by atoms with E-state index in [1.807, 2.05) is 13.0 Å². The fourth-order valence-corrected chi connectivity index (χ4v) is 4.94. The van der Waals surface area contributed by atoms with Crippen LogP contribution < -0.4 is 15.1 Å². The van der Waals surface area contributed by atoms with E-state index in [9.17, 15) is 14.4 Å². The first-order chi connectivity index (χ1) is 15.9. The molecule has 0 spiro atoms. The number of imide groups is 2. The molecule has 0 unspecified atom stereocenters. The molecule has 1 N–H and O–H groups in total. The van der Waals surface area contributed by atoms with E-state index in [-0.39, 0.29) is 21.8 Å². The third kappa shape index (κ3) is 4.01. The first-order valence-electron chi connectivity index (χ1n) is 10.9. The molecule has 2 aliphatic rings. The lowest BCUT2D eigenvalue weighted by molar-refractivity contribution is -0.122. The standard InChI is InChI=1S/C26H25Cl2N3O3/c1-6-30-22-9-14(2)16(10-18(22)15(3)13-26(30,4)5)11-19-23(32)29-25(34)31(24(19)33)17-7-8-20(27)21(28)12-17/h7-13H,6H2,1-5H3,(H,29,32,34)/b19-11+. The second-order valence-corrected chi connectivity index (χ2v) is 9.82. The first kappa shape index (κ1) is 24.0. The van der Waals surface area contributed by atoms with Crippen molar-refractivity contribution < 1.29 is 14.4 Å². The largest absolute Gasteiger partial charge is 0.363 e. The van der Waals surface area contributed by atoms with Crippen LogP contribution in [0.5, 0.6) is 0 Å². The Morgan fingerprint density at radius 3 is 2.38 bits per heavy atom. The summed E-state index contributed by atoms with van der Waals surface area (Å²) in [4.78, 5) is 41.6. The number of amides is 4. The molecular formula is C26H25Cl2N3O3. The number of carbonyl (C=O) groups excluding carboxylic acids is 3. The van der Waals surface area contributed by atoms with E-state index in [1.165, 1.54) is 24.3 Å². The molecule has 4 rings (SSSR count). The average molecular weight is 498 g/mol. The number of urea groups is 1. The number of fused-ring (bicyclic) bond motifs is 1. The van der Waals surface area contributed by atoms with Crippen LogP contribution in [0.3, 0.4) is 0 Å². The van der Waals surface area contributed by atoms with Crippen molar-refractivity contribution in [2.45, 2.75) is 40.2 Å². The van der Waals surface area contributed by atoms with Gasteiger partial charge in [-0.25, -0.2) is 9.69 Å². The van der Waals surface area contributed by atoms with Gasteiger partial charge in [0.05, 0.1) is 21.3 Å². The topological polar surface area (TPSA) is 69.7 Å². The van der Waals surface area contributed by atoms with Crippen LogP contribution >= 0.6 is 23.2 Å². The van der Waals surface area contributed by atoms with Gasteiger partial charge in [0.25, 0.3) is 11.8 Å². The lowest BCUT2D eigenvalue weighted by atomic mass is 9.86. The number of aryl methyl sites for hydroxylation is 1. The SMILES string of the molecule is CCN1c2cc(C)c(/C=C3\C(=O)NC(=O)N(c4ccc(Cl)c(Cl)c4)C3=O)cc2C(C)=CC1(C)C. The minimum Gasteiger partial charge on any atom is -0.363 e. The number of nitrogens with one attached hydrogen (secondary N) is 1. The molecule has 176 valence electrons. The Balaban J connectivity index is 1.80. The van der Waals surface area contributed by atoms with Gasteiger partial charge in [-0.1, -0.05) is 29.3 Å². The number of halogens is 2. The predicted molar refractivity (Wildman–Crippen MR) is 137 cm³/mol. The van der Waals surface area contributed by atoms with Crippen LogP contribution in [0, 0.1) is 6.92 Å². The maximum atomic E-state index is 13.3. The number of likely N-dealkylation sites (N-methyl/N-ethyl adjacent to an activating group) is 1. The molecule has 0 saturated carbocycles. The second kappa shape index (κ2) is 8.60. The zero-order chi connectivity index (χ0) is 24.9. The van der Waals surface area contributed by atoms with E-state index < -0.39 is 17.8 Å². The van der Waals surface area contributed by atoms with Crippen molar-refractivity contribution in [1.29, 1.82) is 0 Å². The number of rotatable bonds is 3. The van der Waals surface area contributed by atoms with Crippen molar-refractivity contribution in [1.82, 2.24) is 5.32 Å². The molecular weight excluding hydrogens is 473 g/mol. The van der Waals surface area contributed by atoms with Gasteiger partial charge in [-0.3, -0.25) is 14.9 Å². The highest BCUT2D eigenvalue weighted by atomic mass is 35.5. The molecule has 2 aromatic rings. The van der Waals surface area contributed by atoms with E-state index in [2.05, 4.69) is 50.1 Å². The Bertz CT molecular complexity index is 1310. The van der Waals surface area contributed by atoms with Crippen molar-refractivity contribution in [3.63, 3.8) is 0 Å². The molecule has 2 aliphatic heterocycles. The summed E-state index contributed by atoms with van der Waals surface area (Å²) in [5.74, 6) is -1.47. The van der Waals surface area contributed by atoms with Gasteiger partial charge in [-0.2, -0.15) is 0 Å². The Morgan fingerprint density at radius 2 is 1.74 bits per heavy atom. The average Bonchev–Trinajstić information content (AvgIpc) is 2.73. The fraction of sp³-hybridized carbons (Fsp3) is 0.269. The molecule has 1 fully saturated rings. The maximum Gasteiger partial charge on any atom is 0.335 e. The van der Waals surface area contributed by atoms with Crippen LogP contribution in [0.25, 0.3) is 11.6 Å². The molecule has 0 radical (unpaired) electrons. The number of carbonyl (C=O) groups is 3. The molecule has 0 bridgehead atoms. The van der Waals surface area contributed by atoms with E-state index in [4.69, 9.17) is 23.2 Å². The summed E-state index contributed by atoms with van der Waals surface area (Å²) in [6.45, 7) is 11.3. The monoisotopic (exact) mass is 497 g/mol. The minimum absolute atomic E-state index is 0.127. The van der Waals surface area contributed by atoms with Crippen LogP contribution in [0.2, 0.25) is 10.0 Å². The summed E-state index contributed by atoms with van der Waals surface area (Å²) in [6, 6.07) is 7.63. The number of barbiturate groups is 1. The number of hydrogen-bond acceptors (Lipinski definition) is 4. The lowest BCUT2D eigenvalue weighted by Crippen LogP contribution is -2.54. The Morgan fingerprint density at radius 1 is 1.03 bits per heavy atom. The summed E-state index contributed by atoms with van der Waals surface area (Å²) in [5, 5.41) is 2.73. The van der Waals surface area contributed by atoms with Gasteiger partial charge < -0.3 is 4.90 Å². The normalized spacial score (nSPS) is 18.7. The highest BCUT2D eigenvalue weighted by Crippen LogP contribution is 2.40. The van der Waals surface area contributed by atoms with Crippen LogP contribution in [0.1, 0.15) is 44.4 Å². The van der Waals surface area contributed by atoms with E-state index in [1.54, 1.807) is 0 Å². The zero-order valence-electron chi connectivity index (χ0n) is 19.6. The van der Waals surface area contributed by atoms with Crippen LogP contribution in [0.15, 0.2) is 42.0 Å². The Hall–Kier alpha value is -3.09. The van der Waals surface area contributed by atoms with E-state index in [0.717, 1.165) is 39.4 Å². The van der Waals surface area contributed by atoms with E-state index >= 15 is 0 Å². The molecule has 8 heteroatoms. The number of anilines is 2. The highest BCUT2D eigenvalue weighted by Gasteiger charge is 2.37. The second-order valence-electron chi connectivity index (χ2n) is 9.01. The first-order valence-corrected chi connectivity index (χ1v) is 11.7. The summed E-state index contributed by atoms with van der Waals surface area (Å²) < 4.78 is 0. The number of nitrogens with zero attached hydrogens (tertiary/aromatic N) is 2. The molecule has 0 aromatic heterocycles. The number of allylic oxidation sites excluding steroid dienone is 1. The quantitative estimate of drug-likeness (QED) is 0.417. The highest BCUT2D eigenvalue weighted by molar-refractivity contribution is 6.43. The Kier molecular flexibility index (Phi) is 6.08. The molecule has 34 heavy (non-hydrogen) atoms. The molecule has 4 amide bonds. The summed E-state index contributed by atoms with van der Waals surface area (Å²) in [5.41, 5.74) is 4.86. The smallest absolute Gasteiger partial charge is 0.335 e. The molecule has 6 nitrogen and oxygen atoms in total. The van der Waals surface area contributed by atoms with Crippen LogP contribution in [-0.2, 0) is 9.59 Å². The van der Waals surface area contributed by atoms with Crippen molar-refractivity contribution in [2.75, 3.05) is 16.3 Å². The minimum atomic E-state index is -0.840. The summed E-state index contributed by atoms with van der Waals surface area (Å²) in [7, 11) is 0. The summed E-state index contributed by atoms with van der Waals surface area (Å²) >= 11 is 12.0. The van der Waals surface area contributed by atoms with E-state index in [0.29, 0.717) is 5.02 Å². The van der Waals surface area contributed by atoms with Crippen molar-refractivity contribution in [2.24, 2.45) is 0 Å². The van der Waals surface area contributed by atoms with Crippen LogP contribution in [-0.4, -0.2) is 29.9 Å². The maximum absolute atomic E-state index is 13.3. The summed E-state index contributed by atoms with van der Waals surface area (Å²) in [6.07, 6.45) is 3.75. The van der Waals surface area contributed by atoms with Gasteiger partial charge in [0.15, 0.2) is 0 Å². The lowest BCUT2D eigenvalue weighted by Gasteiger charge is -2.43. The molecule has 1 saturated heterocycles. The van der Waals surface area contributed by atoms with Gasteiger partial charge in [0.1, 0.15) is 5.57 Å². The molecule has 0 aliphatic carbocycles. The van der Waals surface area contributed by atoms with Gasteiger partial charge in [-0.05, 0) is 87.7 Å². The third-order valence-electron chi connectivity index (χ3n) is 6.24. The van der Waals surface area contributed by atoms with Crippen molar-refractivity contribution >= 4 is 64.1 Å². The van der Waals surface area contributed by atoms with Gasteiger partial charge in [0.2, 0.25) is 0 Å². The van der Waals surface area contributed by atoms with Gasteiger partial charge >= 0.3 is 6.03 Å². The molecule has 2 heterocycles. The van der Waals surface area contributed by atoms with Gasteiger partial charge in [-0.15, -0.1) is 0 Å². The van der Waals surface area contributed by atoms with Crippen molar-refractivity contribution in [3.8, 4) is 0 Å². The van der Waals surface area contributed by atoms with Gasteiger partial charge in [0, 0.05) is 17.8 Å². The fourth-order valence-electron chi connectivity index (χ4n) is 4.65. The third-order valence-corrected chi connectivity index (χ3v) is 6.98. The number of benzene rings is 2. The molecule has 0 atom stereocenters.